The van der Waals surface area contributed by atoms with Crippen LogP contribution in [0.3, 0.4) is 0 Å². The summed E-state index contributed by atoms with van der Waals surface area (Å²) in [4.78, 5) is 0. The predicted octanol–water partition coefficient (Wildman–Crippen LogP) is 5.78. The van der Waals surface area contributed by atoms with E-state index >= 15 is 0 Å². The Morgan fingerprint density at radius 1 is 1.33 bits per heavy atom. The molecule has 0 saturated heterocycles. The van der Waals surface area contributed by atoms with E-state index < -0.39 is 0 Å². The number of nitrogens with two attached hydrogens (primary N) is 1. The summed E-state index contributed by atoms with van der Waals surface area (Å²) >= 11 is 0. The van der Waals surface area contributed by atoms with E-state index in [9.17, 15) is 0 Å². The topological polar surface area (TPSA) is 26.0 Å². The number of anilines is 1. The summed E-state index contributed by atoms with van der Waals surface area (Å²) in [5.41, 5.74) is 10.9. The number of benzene rings is 1. The average molecular weight is 285 g/mol. The van der Waals surface area contributed by atoms with E-state index in [0.717, 1.165) is 24.9 Å². The van der Waals surface area contributed by atoms with Gasteiger partial charge in [0.15, 0.2) is 0 Å². The quantitative estimate of drug-likeness (QED) is 0.476. The van der Waals surface area contributed by atoms with Gasteiger partial charge in [-0.25, -0.2) is 0 Å². The summed E-state index contributed by atoms with van der Waals surface area (Å²) < 4.78 is 0. The van der Waals surface area contributed by atoms with Crippen molar-refractivity contribution >= 4 is 5.69 Å². The smallest absolute Gasteiger partial charge is 0.0316 e. The fourth-order valence-electron chi connectivity index (χ4n) is 2.93. The van der Waals surface area contributed by atoms with Crippen molar-refractivity contribution in [1.82, 2.24) is 0 Å². The Bertz CT molecular complexity index is 482. The highest BCUT2D eigenvalue weighted by molar-refractivity contribution is 5.40. The van der Waals surface area contributed by atoms with Crippen molar-refractivity contribution < 1.29 is 0 Å². The fourth-order valence-corrected chi connectivity index (χ4v) is 2.93. The van der Waals surface area contributed by atoms with E-state index in [4.69, 9.17) is 5.73 Å². The van der Waals surface area contributed by atoms with Crippen LogP contribution in [0.25, 0.3) is 0 Å². The zero-order valence-corrected chi connectivity index (χ0v) is 14.2. The minimum Gasteiger partial charge on any atom is -0.399 e. The van der Waals surface area contributed by atoms with Crippen LogP contribution in [-0.4, -0.2) is 0 Å². The number of hydrogen-bond acceptors (Lipinski definition) is 1. The summed E-state index contributed by atoms with van der Waals surface area (Å²) in [7, 11) is 0. The first-order chi connectivity index (χ1) is 9.97. The van der Waals surface area contributed by atoms with Gasteiger partial charge in [-0.15, -0.1) is 0 Å². The summed E-state index contributed by atoms with van der Waals surface area (Å²) in [6.45, 7) is 13.4. The third-order valence-corrected chi connectivity index (χ3v) is 4.11. The van der Waals surface area contributed by atoms with Gasteiger partial charge in [0.1, 0.15) is 0 Å². The molecule has 1 unspecified atom stereocenters. The Morgan fingerprint density at radius 3 is 2.57 bits per heavy atom. The molecule has 0 spiro atoms. The largest absolute Gasteiger partial charge is 0.399 e. The van der Waals surface area contributed by atoms with Crippen molar-refractivity contribution in [3.05, 3.63) is 53.6 Å². The zero-order valence-electron chi connectivity index (χ0n) is 14.2. The molecule has 2 N–H and O–H groups in total. The molecule has 1 rings (SSSR count). The molecule has 1 nitrogen and oxygen atoms in total. The summed E-state index contributed by atoms with van der Waals surface area (Å²) in [6, 6.07) is 8.19. The molecule has 0 aliphatic rings. The van der Waals surface area contributed by atoms with Gasteiger partial charge in [0, 0.05) is 11.6 Å². The van der Waals surface area contributed by atoms with Gasteiger partial charge >= 0.3 is 0 Å². The Labute approximate surface area is 131 Å². The molecule has 0 fully saturated rings. The van der Waals surface area contributed by atoms with E-state index in [1.807, 2.05) is 12.1 Å². The molecule has 21 heavy (non-hydrogen) atoms. The molecule has 0 amide bonds. The Balaban J connectivity index is 2.72. The van der Waals surface area contributed by atoms with Gasteiger partial charge in [-0.3, -0.25) is 0 Å². The third-order valence-electron chi connectivity index (χ3n) is 4.11. The van der Waals surface area contributed by atoms with E-state index in [2.05, 4.69) is 52.5 Å². The first-order valence-electron chi connectivity index (χ1n) is 8.15. The maximum Gasteiger partial charge on any atom is 0.0316 e. The molecule has 1 atom stereocenters. The van der Waals surface area contributed by atoms with E-state index in [1.54, 1.807) is 0 Å². The highest BCUT2D eigenvalue weighted by Gasteiger charge is 2.17. The SMILES string of the molecule is C=C(CCc1cccc(N)c1)C(CC(C)C)/C(=C\C)CC. The summed E-state index contributed by atoms with van der Waals surface area (Å²) in [6.07, 6.45) is 6.66. The Morgan fingerprint density at radius 2 is 2.05 bits per heavy atom. The molecule has 0 bridgehead atoms. The van der Waals surface area contributed by atoms with Crippen LogP contribution < -0.4 is 5.73 Å². The molecule has 0 aliphatic heterocycles. The highest BCUT2D eigenvalue weighted by Crippen LogP contribution is 2.31. The van der Waals surface area contributed by atoms with Gasteiger partial charge in [0.25, 0.3) is 0 Å². The van der Waals surface area contributed by atoms with Gasteiger partial charge in [-0.2, -0.15) is 0 Å². The van der Waals surface area contributed by atoms with Crippen LogP contribution in [-0.2, 0) is 6.42 Å². The molecule has 0 aromatic heterocycles. The van der Waals surface area contributed by atoms with Crippen LogP contribution in [0.1, 0.15) is 52.5 Å². The molecule has 1 heteroatoms. The number of nitrogen functional groups attached to an aromatic ring is 1. The summed E-state index contributed by atoms with van der Waals surface area (Å²) in [5.74, 6) is 1.22. The van der Waals surface area contributed by atoms with Gasteiger partial charge in [-0.05, 0) is 56.2 Å². The molecular formula is C20H31N. The zero-order chi connectivity index (χ0) is 15.8. The van der Waals surface area contributed by atoms with Crippen molar-refractivity contribution in [2.45, 2.75) is 53.4 Å². The van der Waals surface area contributed by atoms with Gasteiger partial charge in [0.05, 0.1) is 0 Å². The van der Waals surface area contributed by atoms with Crippen molar-refractivity contribution in [3.8, 4) is 0 Å². The highest BCUT2D eigenvalue weighted by atomic mass is 14.5. The van der Waals surface area contributed by atoms with E-state index in [0.29, 0.717) is 11.8 Å². The second-order valence-electron chi connectivity index (χ2n) is 6.30. The van der Waals surface area contributed by atoms with Crippen LogP contribution in [0.2, 0.25) is 0 Å². The lowest BCUT2D eigenvalue weighted by atomic mass is 9.81. The number of aryl methyl sites for hydroxylation is 1. The standard InChI is InChI=1S/C20H31N/c1-6-18(7-2)20(13-15(3)4)16(5)11-12-17-9-8-10-19(21)14-17/h6,8-10,14-15,20H,5,7,11-13,21H2,1-4H3/b18-6-. The minimum atomic E-state index is 0.529. The molecule has 0 radical (unpaired) electrons. The first-order valence-corrected chi connectivity index (χ1v) is 8.15. The van der Waals surface area contributed by atoms with Crippen LogP contribution in [0.4, 0.5) is 5.69 Å². The van der Waals surface area contributed by atoms with Gasteiger partial charge in [-0.1, -0.05) is 56.7 Å². The van der Waals surface area contributed by atoms with E-state index in [1.165, 1.54) is 23.1 Å². The fraction of sp³-hybridized carbons (Fsp3) is 0.500. The molecule has 1 aromatic carbocycles. The predicted molar refractivity (Wildman–Crippen MR) is 95.3 cm³/mol. The molecule has 1 aromatic rings. The van der Waals surface area contributed by atoms with Crippen molar-refractivity contribution in [2.24, 2.45) is 11.8 Å². The number of hydrogen-bond donors (Lipinski definition) is 1. The van der Waals surface area contributed by atoms with Crippen molar-refractivity contribution in [3.63, 3.8) is 0 Å². The Hall–Kier alpha value is -1.50. The third kappa shape index (κ3) is 5.79. The molecular weight excluding hydrogens is 254 g/mol. The monoisotopic (exact) mass is 285 g/mol. The average Bonchev–Trinajstić information content (AvgIpc) is 2.44. The lowest BCUT2D eigenvalue weighted by molar-refractivity contribution is 0.485. The lowest BCUT2D eigenvalue weighted by Gasteiger charge is -2.24. The van der Waals surface area contributed by atoms with Crippen LogP contribution in [0.5, 0.6) is 0 Å². The van der Waals surface area contributed by atoms with Crippen LogP contribution in [0, 0.1) is 11.8 Å². The molecule has 116 valence electrons. The van der Waals surface area contributed by atoms with E-state index in [-0.39, 0.29) is 0 Å². The number of allylic oxidation sites excluding steroid dienone is 3. The normalized spacial score (nSPS) is 13.5. The van der Waals surface area contributed by atoms with Crippen LogP contribution >= 0.6 is 0 Å². The van der Waals surface area contributed by atoms with Crippen molar-refractivity contribution in [1.29, 1.82) is 0 Å². The molecule has 0 aliphatic carbocycles. The van der Waals surface area contributed by atoms with Crippen molar-refractivity contribution in [2.75, 3.05) is 5.73 Å². The lowest BCUT2D eigenvalue weighted by Crippen LogP contribution is -2.11. The minimum absolute atomic E-state index is 0.529. The van der Waals surface area contributed by atoms with Gasteiger partial charge in [0.2, 0.25) is 0 Å². The second-order valence-corrected chi connectivity index (χ2v) is 6.30. The molecule has 0 heterocycles. The van der Waals surface area contributed by atoms with Crippen LogP contribution in [0.15, 0.2) is 48.1 Å². The molecule has 0 saturated carbocycles. The maximum absolute atomic E-state index is 5.85. The summed E-state index contributed by atoms with van der Waals surface area (Å²) in [5, 5.41) is 0. The number of rotatable bonds is 8. The second kappa shape index (κ2) is 8.71. The first kappa shape index (κ1) is 17.6. The Kier molecular flexibility index (Phi) is 7.28. The van der Waals surface area contributed by atoms with Gasteiger partial charge < -0.3 is 5.73 Å². The maximum atomic E-state index is 5.85.